The first-order chi connectivity index (χ1) is 13.6. The first-order valence-corrected chi connectivity index (χ1v) is 8.35. The van der Waals surface area contributed by atoms with Gasteiger partial charge < -0.3 is 23.7 Å². The number of carbonyl (C=O) groups excluding carboxylic acids is 1. The number of hydrogen-bond donors (Lipinski definition) is 1. The molecular formula is C20H20N2O6. The Morgan fingerprint density at radius 3 is 2.39 bits per heavy atom. The van der Waals surface area contributed by atoms with E-state index in [4.69, 9.17) is 23.7 Å². The zero-order valence-electron chi connectivity index (χ0n) is 15.7. The molecule has 8 heteroatoms. The molecule has 0 aromatic heterocycles. The Balaban J connectivity index is 1.63. The molecule has 0 atom stereocenters. The van der Waals surface area contributed by atoms with Gasteiger partial charge in [-0.25, -0.2) is 5.43 Å². The largest absolute Gasteiger partial charge is 0.493 e. The van der Waals surface area contributed by atoms with Gasteiger partial charge in [-0.05, 0) is 35.9 Å². The van der Waals surface area contributed by atoms with Crippen LogP contribution in [0.4, 0.5) is 0 Å². The smallest absolute Gasteiger partial charge is 0.264 e. The molecular weight excluding hydrogens is 364 g/mol. The normalized spacial score (nSPS) is 12.4. The van der Waals surface area contributed by atoms with E-state index in [0.717, 1.165) is 5.56 Å². The van der Waals surface area contributed by atoms with Gasteiger partial charge in [-0.15, -0.1) is 0 Å². The Morgan fingerprint density at radius 2 is 1.71 bits per heavy atom. The topological polar surface area (TPSA) is 87.6 Å². The van der Waals surface area contributed by atoms with Crippen molar-refractivity contribution in [3.63, 3.8) is 0 Å². The molecule has 0 saturated heterocycles. The van der Waals surface area contributed by atoms with Crippen LogP contribution in [0, 0.1) is 0 Å². The molecule has 0 fully saturated rings. The van der Waals surface area contributed by atoms with E-state index in [2.05, 4.69) is 10.5 Å². The Hall–Kier alpha value is -3.68. The summed E-state index contributed by atoms with van der Waals surface area (Å²) in [6, 6.07) is 8.86. The molecule has 2 aromatic carbocycles. The summed E-state index contributed by atoms with van der Waals surface area (Å²) >= 11 is 0. The molecule has 2 aromatic rings. The van der Waals surface area contributed by atoms with Crippen LogP contribution < -0.4 is 29.1 Å². The van der Waals surface area contributed by atoms with Crippen LogP contribution >= 0.6 is 0 Å². The fraction of sp³-hybridized carbons (Fsp3) is 0.200. The average Bonchev–Trinajstić information content (AvgIpc) is 3.19. The lowest BCUT2D eigenvalue weighted by Crippen LogP contribution is -2.14. The summed E-state index contributed by atoms with van der Waals surface area (Å²) in [6.07, 6.45) is 4.52. The van der Waals surface area contributed by atoms with Crippen molar-refractivity contribution in [2.45, 2.75) is 0 Å². The lowest BCUT2D eigenvalue weighted by molar-refractivity contribution is -0.116. The molecule has 1 aliphatic rings. The predicted octanol–water partition coefficient (Wildman–Crippen LogP) is 2.60. The van der Waals surface area contributed by atoms with Crippen LogP contribution in [-0.4, -0.2) is 40.2 Å². The highest BCUT2D eigenvalue weighted by Gasteiger charge is 2.13. The summed E-state index contributed by atoms with van der Waals surface area (Å²) in [6.45, 7) is 0.207. The van der Waals surface area contributed by atoms with Crippen molar-refractivity contribution in [3.05, 3.63) is 47.5 Å². The molecule has 1 N–H and O–H groups in total. The van der Waals surface area contributed by atoms with E-state index in [1.54, 1.807) is 30.3 Å². The van der Waals surface area contributed by atoms with Crippen molar-refractivity contribution in [2.75, 3.05) is 28.1 Å². The molecule has 3 rings (SSSR count). The average molecular weight is 384 g/mol. The van der Waals surface area contributed by atoms with E-state index in [9.17, 15) is 4.79 Å². The molecule has 1 aliphatic heterocycles. The number of hydrazone groups is 1. The minimum Gasteiger partial charge on any atom is -0.493 e. The lowest BCUT2D eigenvalue weighted by Gasteiger charge is -2.12. The maximum absolute atomic E-state index is 11.9. The quantitative estimate of drug-likeness (QED) is 0.449. The van der Waals surface area contributed by atoms with Crippen molar-refractivity contribution in [2.24, 2.45) is 5.10 Å². The number of nitrogens with zero attached hydrogens (tertiary/aromatic N) is 1. The van der Waals surface area contributed by atoms with Crippen molar-refractivity contribution in [3.8, 4) is 28.7 Å². The summed E-state index contributed by atoms with van der Waals surface area (Å²) < 4.78 is 26.4. The first-order valence-electron chi connectivity index (χ1n) is 8.35. The highest BCUT2D eigenvalue weighted by Crippen LogP contribution is 2.37. The molecule has 0 saturated carbocycles. The van der Waals surface area contributed by atoms with E-state index in [1.807, 2.05) is 6.07 Å². The zero-order valence-corrected chi connectivity index (χ0v) is 15.7. The maximum Gasteiger partial charge on any atom is 0.264 e. The van der Waals surface area contributed by atoms with E-state index >= 15 is 0 Å². The predicted molar refractivity (Wildman–Crippen MR) is 103 cm³/mol. The zero-order chi connectivity index (χ0) is 19.9. The van der Waals surface area contributed by atoms with Gasteiger partial charge in [0.15, 0.2) is 23.0 Å². The first kappa shape index (κ1) is 19.1. The number of methoxy groups -OCH3 is 3. The van der Waals surface area contributed by atoms with Crippen LogP contribution in [0.5, 0.6) is 28.7 Å². The summed E-state index contributed by atoms with van der Waals surface area (Å²) in [7, 11) is 4.59. The molecule has 8 nitrogen and oxygen atoms in total. The van der Waals surface area contributed by atoms with Gasteiger partial charge in [0.2, 0.25) is 12.5 Å². The summed E-state index contributed by atoms with van der Waals surface area (Å²) in [5.74, 6) is 2.45. The van der Waals surface area contributed by atoms with Gasteiger partial charge >= 0.3 is 0 Å². The van der Waals surface area contributed by atoms with Gasteiger partial charge in [0, 0.05) is 11.6 Å². The Labute approximate surface area is 162 Å². The number of hydrogen-bond acceptors (Lipinski definition) is 7. The molecule has 1 amide bonds. The van der Waals surface area contributed by atoms with Gasteiger partial charge in [-0.2, -0.15) is 5.10 Å². The van der Waals surface area contributed by atoms with Crippen LogP contribution in [0.1, 0.15) is 11.1 Å². The Kier molecular flexibility index (Phi) is 6.01. The number of rotatable bonds is 7. The third-order valence-corrected chi connectivity index (χ3v) is 3.90. The lowest BCUT2D eigenvalue weighted by atomic mass is 10.2. The molecule has 1 heterocycles. The highest BCUT2D eigenvalue weighted by molar-refractivity contribution is 5.92. The van der Waals surface area contributed by atoms with Crippen LogP contribution in [0.3, 0.4) is 0 Å². The maximum atomic E-state index is 11.9. The summed E-state index contributed by atoms with van der Waals surface area (Å²) in [5.41, 5.74) is 3.92. The number of amides is 1. The molecule has 0 radical (unpaired) electrons. The fourth-order valence-corrected chi connectivity index (χ4v) is 2.57. The third-order valence-electron chi connectivity index (χ3n) is 3.90. The highest BCUT2D eigenvalue weighted by atomic mass is 16.7. The second-order valence-electron chi connectivity index (χ2n) is 5.64. The molecule has 0 aliphatic carbocycles. The minimum absolute atomic E-state index is 0.207. The van der Waals surface area contributed by atoms with Gasteiger partial charge in [0.25, 0.3) is 5.91 Å². The third kappa shape index (κ3) is 4.35. The van der Waals surface area contributed by atoms with Gasteiger partial charge in [-0.3, -0.25) is 4.79 Å². The number of benzene rings is 2. The monoisotopic (exact) mass is 384 g/mol. The van der Waals surface area contributed by atoms with Crippen LogP contribution in [0.15, 0.2) is 41.5 Å². The van der Waals surface area contributed by atoms with Crippen molar-refractivity contribution in [1.29, 1.82) is 0 Å². The fourth-order valence-electron chi connectivity index (χ4n) is 2.57. The summed E-state index contributed by atoms with van der Waals surface area (Å²) in [4.78, 5) is 11.9. The number of ether oxygens (including phenoxy) is 5. The van der Waals surface area contributed by atoms with Crippen molar-refractivity contribution >= 4 is 18.2 Å². The second kappa shape index (κ2) is 8.81. The van der Waals surface area contributed by atoms with Crippen LogP contribution in [-0.2, 0) is 4.79 Å². The van der Waals surface area contributed by atoms with Crippen molar-refractivity contribution < 1.29 is 28.5 Å². The minimum atomic E-state index is -0.374. The van der Waals surface area contributed by atoms with E-state index in [0.29, 0.717) is 34.3 Å². The van der Waals surface area contributed by atoms with Gasteiger partial charge in [-0.1, -0.05) is 6.07 Å². The van der Waals surface area contributed by atoms with Gasteiger partial charge in [0.1, 0.15) is 0 Å². The number of fused-ring (bicyclic) bond motifs is 1. The van der Waals surface area contributed by atoms with Crippen molar-refractivity contribution in [1.82, 2.24) is 5.43 Å². The Morgan fingerprint density at radius 1 is 1.00 bits per heavy atom. The van der Waals surface area contributed by atoms with E-state index < -0.39 is 0 Å². The molecule has 28 heavy (non-hydrogen) atoms. The SMILES string of the molecule is COc1cc(C=NNC(=O)C=Cc2ccc3c(c2)OCO3)cc(OC)c1OC. The molecule has 0 bridgehead atoms. The number of nitrogens with one attached hydrogen (secondary N) is 1. The summed E-state index contributed by atoms with van der Waals surface area (Å²) in [5, 5.41) is 3.95. The standard InChI is InChI=1S/C20H20N2O6/c1-24-17-9-14(10-18(25-2)20(17)26-3)11-21-22-19(23)7-5-13-4-6-15-16(8-13)28-12-27-15/h4-11H,12H2,1-3H3,(H,22,23). The Bertz CT molecular complexity index is 898. The molecule has 146 valence electrons. The molecule has 0 unspecified atom stereocenters. The van der Waals surface area contributed by atoms with Crippen LogP contribution in [0.2, 0.25) is 0 Å². The number of carbonyl (C=O) groups is 1. The molecule has 0 spiro atoms. The van der Waals surface area contributed by atoms with Gasteiger partial charge in [0.05, 0.1) is 27.5 Å². The van der Waals surface area contributed by atoms with E-state index in [1.165, 1.54) is 33.6 Å². The second-order valence-corrected chi connectivity index (χ2v) is 5.64. The van der Waals surface area contributed by atoms with Crippen LogP contribution in [0.25, 0.3) is 6.08 Å². The van der Waals surface area contributed by atoms with E-state index in [-0.39, 0.29) is 12.7 Å².